The molecular weight excluding hydrogens is 482 g/mol. The third-order valence-corrected chi connectivity index (χ3v) is 8.60. The van der Waals surface area contributed by atoms with E-state index in [1.165, 1.54) is 28.9 Å². The van der Waals surface area contributed by atoms with Crippen LogP contribution >= 0.6 is 11.6 Å². The summed E-state index contributed by atoms with van der Waals surface area (Å²) in [6.45, 7) is 2.64. The number of hydrogen-bond acceptors (Lipinski definition) is 5. The van der Waals surface area contributed by atoms with E-state index in [4.69, 9.17) is 27.7 Å². The number of terminal acetylenes is 1. The van der Waals surface area contributed by atoms with Crippen molar-refractivity contribution < 1.29 is 4.74 Å². The Kier molecular flexibility index (Phi) is 6.73. The van der Waals surface area contributed by atoms with Gasteiger partial charge in [-0.25, -0.2) is 15.8 Å². The Morgan fingerprint density at radius 2 is 2.03 bits per heavy atom. The first-order valence-corrected chi connectivity index (χ1v) is 13.7. The van der Waals surface area contributed by atoms with Gasteiger partial charge in [0.05, 0.1) is 28.7 Å². The zero-order valence-corrected chi connectivity index (χ0v) is 22.2. The third-order valence-electron chi connectivity index (χ3n) is 8.27. The van der Waals surface area contributed by atoms with E-state index in [1.54, 1.807) is 0 Å². The second-order valence-corrected chi connectivity index (χ2v) is 11.0. The maximum absolute atomic E-state index is 6.50. The van der Waals surface area contributed by atoms with Crippen LogP contribution in [0.15, 0.2) is 42.5 Å². The summed E-state index contributed by atoms with van der Waals surface area (Å²) in [7, 11) is 2.12. The second-order valence-electron chi connectivity index (χ2n) is 10.5. The number of aryl methyl sites for hydroxylation is 1. The number of halogens is 1. The van der Waals surface area contributed by atoms with Crippen molar-refractivity contribution in [1.29, 1.82) is 0 Å². The summed E-state index contributed by atoms with van der Waals surface area (Å²) in [4.78, 5) is 7.64. The molecule has 6 rings (SSSR count). The number of hydrazine groups is 1. The normalized spacial score (nSPS) is 20.1. The lowest BCUT2D eigenvalue weighted by atomic mass is 9.86. The van der Waals surface area contributed by atoms with Crippen LogP contribution in [0.5, 0.6) is 5.75 Å². The SMILES string of the molecule is C#CCCC1(CCOc2ccc3c(c2)C[C@@H](N2CCc4nc(-c5ccccc5Cl)n(C)c4C2)CC3)NN1. The second kappa shape index (κ2) is 10.2. The lowest BCUT2D eigenvalue weighted by molar-refractivity contribution is 0.158. The molecule has 0 radical (unpaired) electrons. The van der Waals surface area contributed by atoms with Gasteiger partial charge in [-0.2, -0.15) is 0 Å². The Morgan fingerprint density at radius 3 is 2.84 bits per heavy atom. The molecule has 0 amide bonds. The highest BCUT2D eigenvalue weighted by atomic mass is 35.5. The number of imidazole rings is 1. The molecule has 0 unspecified atom stereocenters. The summed E-state index contributed by atoms with van der Waals surface area (Å²) in [5.74, 6) is 4.65. The van der Waals surface area contributed by atoms with Gasteiger partial charge in [-0.3, -0.25) is 4.90 Å². The van der Waals surface area contributed by atoms with Gasteiger partial charge in [-0.05, 0) is 61.1 Å². The van der Waals surface area contributed by atoms with Crippen LogP contribution in [-0.2, 0) is 32.9 Å². The smallest absolute Gasteiger partial charge is 0.141 e. The Labute approximate surface area is 224 Å². The summed E-state index contributed by atoms with van der Waals surface area (Å²) in [6.07, 6.45) is 12.3. The number of nitrogens with one attached hydrogen (secondary N) is 2. The van der Waals surface area contributed by atoms with E-state index in [-0.39, 0.29) is 5.66 Å². The van der Waals surface area contributed by atoms with Crippen molar-refractivity contribution in [2.45, 2.75) is 63.2 Å². The molecule has 192 valence electrons. The quantitative estimate of drug-likeness (QED) is 0.337. The topological polar surface area (TPSA) is 74.2 Å². The first kappa shape index (κ1) is 24.5. The number of nitrogens with zero attached hydrogens (tertiary/aromatic N) is 3. The number of fused-ring (bicyclic) bond motifs is 2. The minimum atomic E-state index is -0.0453. The average molecular weight is 516 g/mol. The summed E-state index contributed by atoms with van der Waals surface area (Å²) in [6, 6.07) is 15.2. The minimum Gasteiger partial charge on any atom is -0.493 e. The molecule has 0 bridgehead atoms. The van der Waals surface area contributed by atoms with Crippen LogP contribution in [0.25, 0.3) is 11.4 Å². The fraction of sp³-hybridized carbons (Fsp3) is 0.433. The highest BCUT2D eigenvalue weighted by molar-refractivity contribution is 6.33. The fourth-order valence-corrected chi connectivity index (χ4v) is 6.13. The lowest BCUT2D eigenvalue weighted by Gasteiger charge is -2.37. The molecule has 3 aliphatic rings. The van der Waals surface area contributed by atoms with E-state index in [0.717, 1.165) is 73.8 Å². The van der Waals surface area contributed by atoms with Crippen molar-refractivity contribution in [2.75, 3.05) is 13.2 Å². The Bertz CT molecular complexity index is 1340. The van der Waals surface area contributed by atoms with E-state index >= 15 is 0 Å². The zero-order chi connectivity index (χ0) is 25.4. The summed E-state index contributed by atoms with van der Waals surface area (Å²) < 4.78 is 8.40. The number of rotatable bonds is 8. The van der Waals surface area contributed by atoms with Crippen LogP contribution in [-0.4, -0.2) is 39.3 Å². The standard InChI is InChI=1S/C30H34ClN5O/c1-3-4-14-30(33-34-30)15-17-37-24-12-10-21-9-11-23(18-22(21)19-24)36-16-13-27-28(20-36)35(2)29(32-27)25-7-5-6-8-26(25)31/h1,5-8,10,12,19,23,33-34H,4,9,11,13-18,20H2,2H3/t23-/m0/s1. The fourth-order valence-electron chi connectivity index (χ4n) is 5.91. The molecule has 2 aliphatic heterocycles. The van der Waals surface area contributed by atoms with Gasteiger partial charge in [0.1, 0.15) is 11.6 Å². The Hall–Kier alpha value is -2.82. The predicted molar refractivity (Wildman–Crippen MR) is 147 cm³/mol. The van der Waals surface area contributed by atoms with E-state index in [9.17, 15) is 0 Å². The van der Waals surface area contributed by atoms with Crippen LogP contribution in [0.2, 0.25) is 5.02 Å². The van der Waals surface area contributed by atoms with E-state index in [0.29, 0.717) is 12.6 Å². The van der Waals surface area contributed by atoms with Crippen LogP contribution in [0.3, 0.4) is 0 Å². The molecule has 1 fully saturated rings. The monoisotopic (exact) mass is 515 g/mol. The number of ether oxygens (including phenoxy) is 1. The molecule has 2 aromatic carbocycles. The van der Waals surface area contributed by atoms with Gasteiger partial charge in [0.15, 0.2) is 0 Å². The van der Waals surface area contributed by atoms with Crippen molar-refractivity contribution >= 4 is 11.6 Å². The van der Waals surface area contributed by atoms with E-state index < -0.39 is 0 Å². The minimum absolute atomic E-state index is 0.0453. The lowest BCUT2D eigenvalue weighted by Crippen LogP contribution is -2.42. The molecule has 3 aromatic rings. The molecule has 6 nitrogen and oxygen atoms in total. The van der Waals surface area contributed by atoms with Crippen molar-refractivity contribution in [2.24, 2.45) is 7.05 Å². The van der Waals surface area contributed by atoms with Crippen molar-refractivity contribution in [1.82, 2.24) is 25.3 Å². The molecule has 7 heteroatoms. The van der Waals surface area contributed by atoms with Gasteiger partial charge in [0.2, 0.25) is 0 Å². The first-order chi connectivity index (χ1) is 18.0. The highest BCUT2D eigenvalue weighted by Crippen LogP contribution is 2.34. The van der Waals surface area contributed by atoms with Crippen molar-refractivity contribution in [3.8, 4) is 29.5 Å². The highest BCUT2D eigenvalue weighted by Gasteiger charge is 2.40. The van der Waals surface area contributed by atoms with Crippen molar-refractivity contribution in [3.05, 3.63) is 70.0 Å². The van der Waals surface area contributed by atoms with Gasteiger partial charge in [0, 0.05) is 51.0 Å². The number of aromatic nitrogens is 2. The zero-order valence-electron chi connectivity index (χ0n) is 21.4. The van der Waals surface area contributed by atoms with Crippen LogP contribution < -0.4 is 15.6 Å². The molecule has 2 N–H and O–H groups in total. The molecule has 37 heavy (non-hydrogen) atoms. The maximum Gasteiger partial charge on any atom is 0.141 e. The van der Waals surface area contributed by atoms with Crippen LogP contribution in [0, 0.1) is 12.3 Å². The summed E-state index contributed by atoms with van der Waals surface area (Å²) in [5.41, 5.74) is 12.8. The van der Waals surface area contributed by atoms with Crippen LogP contribution in [0.1, 0.15) is 48.2 Å². The van der Waals surface area contributed by atoms with Gasteiger partial charge in [0.25, 0.3) is 0 Å². The van der Waals surface area contributed by atoms with E-state index in [1.807, 2.05) is 18.2 Å². The van der Waals surface area contributed by atoms with Crippen LogP contribution in [0.4, 0.5) is 0 Å². The molecular formula is C30H34ClN5O. The maximum atomic E-state index is 6.50. The molecule has 1 atom stereocenters. The van der Waals surface area contributed by atoms with Gasteiger partial charge in [-0.1, -0.05) is 29.8 Å². The van der Waals surface area contributed by atoms with Gasteiger partial charge in [-0.15, -0.1) is 12.3 Å². The van der Waals surface area contributed by atoms with Gasteiger partial charge >= 0.3 is 0 Å². The van der Waals surface area contributed by atoms with Crippen molar-refractivity contribution in [3.63, 3.8) is 0 Å². The molecule has 1 saturated heterocycles. The van der Waals surface area contributed by atoms with Gasteiger partial charge < -0.3 is 9.30 Å². The molecule has 3 heterocycles. The summed E-state index contributed by atoms with van der Waals surface area (Å²) in [5, 5.41) is 0.749. The van der Waals surface area contributed by atoms with E-state index in [2.05, 4.69) is 57.6 Å². The first-order valence-electron chi connectivity index (χ1n) is 13.3. The molecule has 0 spiro atoms. The molecule has 1 aliphatic carbocycles. The largest absolute Gasteiger partial charge is 0.493 e. The molecule has 1 aromatic heterocycles. The number of hydrogen-bond donors (Lipinski definition) is 2. The molecule has 0 saturated carbocycles. The Morgan fingerprint density at radius 1 is 1.16 bits per heavy atom. The predicted octanol–water partition coefficient (Wildman–Crippen LogP) is 4.64. The average Bonchev–Trinajstić information content (AvgIpc) is 3.62. The number of benzene rings is 2. The Balaban J connectivity index is 1.11. The summed E-state index contributed by atoms with van der Waals surface area (Å²) >= 11 is 6.50. The third kappa shape index (κ3) is 5.02.